The summed E-state index contributed by atoms with van der Waals surface area (Å²) in [5.74, 6) is -2.16. The summed E-state index contributed by atoms with van der Waals surface area (Å²) in [4.78, 5) is 11.1. The van der Waals surface area contributed by atoms with Crippen LogP contribution in [0.25, 0.3) is 0 Å². The summed E-state index contributed by atoms with van der Waals surface area (Å²) in [6, 6.07) is 7.71. The van der Waals surface area contributed by atoms with Gasteiger partial charge in [0.1, 0.15) is 16.5 Å². The van der Waals surface area contributed by atoms with Gasteiger partial charge in [-0.05, 0) is 42.5 Å². The normalized spacial score (nSPS) is 11.2. The highest BCUT2D eigenvalue weighted by atomic mass is 35.7. The summed E-state index contributed by atoms with van der Waals surface area (Å²) in [5.41, 5.74) is 0.219. The maximum absolute atomic E-state index is 13.6. The van der Waals surface area contributed by atoms with Crippen LogP contribution in [0.1, 0.15) is 10.4 Å². The molecule has 0 aliphatic carbocycles. The van der Waals surface area contributed by atoms with E-state index in [-0.39, 0.29) is 11.3 Å². The first-order valence-electron chi connectivity index (χ1n) is 5.58. The molecule has 1 amide bonds. The van der Waals surface area contributed by atoms with Crippen molar-refractivity contribution in [2.75, 3.05) is 5.32 Å². The van der Waals surface area contributed by atoms with Gasteiger partial charge >= 0.3 is 0 Å². The largest absolute Gasteiger partial charge is 0.322 e. The first kappa shape index (κ1) is 15.4. The molecule has 0 atom stereocenters. The molecule has 0 saturated heterocycles. The Morgan fingerprint density at radius 1 is 1.05 bits per heavy atom. The van der Waals surface area contributed by atoms with Gasteiger partial charge in [-0.2, -0.15) is 0 Å². The fraction of sp³-hybridized carbons (Fsp3) is 0. The fourth-order valence-corrected chi connectivity index (χ4v) is 2.48. The summed E-state index contributed by atoms with van der Waals surface area (Å²) < 4.78 is 48.4. The lowest BCUT2D eigenvalue weighted by atomic mass is 10.2. The molecule has 0 aliphatic rings. The third-order valence-corrected chi connectivity index (χ3v) is 3.91. The van der Waals surface area contributed by atoms with Gasteiger partial charge in [-0.1, -0.05) is 0 Å². The SMILES string of the molecule is O=C(Nc1ccc(S(=O)(=O)Cl)c(F)c1)c1ccc(F)cc1. The molecule has 2 aromatic rings. The number of carbonyl (C=O) groups excluding carboxylic acids is 1. The molecule has 0 fully saturated rings. The molecule has 0 aliphatic heterocycles. The van der Waals surface area contributed by atoms with Crippen LogP contribution in [-0.2, 0) is 9.05 Å². The van der Waals surface area contributed by atoms with Crippen LogP contribution in [0.3, 0.4) is 0 Å². The Morgan fingerprint density at radius 2 is 1.67 bits per heavy atom. The van der Waals surface area contributed by atoms with E-state index < -0.39 is 31.5 Å². The Morgan fingerprint density at radius 3 is 2.19 bits per heavy atom. The molecule has 0 spiro atoms. The van der Waals surface area contributed by atoms with Crippen LogP contribution in [0.4, 0.5) is 14.5 Å². The summed E-state index contributed by atoms with van der Waals surface area (Å²) in [6.45, 7) is 0. The number of hydrogen-bond acceptors (Lipinski definition) is 3. The molecule has 0 heterocycles. The lowest BCUT2D eigenvalue weighted by molar-refractivity contribution is 0.102. The van der Waals surface area contributed by atoms with Crippen LogP contribution in [0.5, 0.6) is 0 Å². The van der Waals surface area contributed by atoms with E-state index in [9.17, 15) is 22.0 Å². The van der Waals surface area contributed by atoms with E-state index in [0.717, 1.165) is 24.3 Å². The van der Waals surface area contributed by atoms with Crippen LogP contribution >= 0.6 is 10.7 Å². The van der Waals surface area contributed by atoms with Crippen molar-refractivity contribution in [3.05, 3.63) is 59.7 Å². The molecule has 0 radical (unpaired) electrons. The number of amides is 1. The molecule has 21 heavy (non-hydrogen) atoms. The number of benzene rings is 2. The second-order valence-corrected chi connectivity index (χ2v) is 6.58. The maximum Gasteiger partial charge on any atom is 0.264 e. The van der Waals surface area contributed by atoms with E-state index in [1.54, 1.807) is 0 Å². The minimum Gasteiger partial charge on any atom is -0.322 e. The van der Waals surface area contributed by atoms with Crippen molar-refractivity contribution in [2.24, 2.45) is 0 Å². The van der Waals surface area contributed by atoms with Gasteiger partial charge < -0.3 is 5.32 Å². The van der Waals surface area contributed by atoms with E-state index in [2.05, 4.69) is 5.32 Å². The summed E-state index contributed by atoms with van der Waals surface area (Å²) in [6.07, 6.45) is 0. The van der Waals surface area contributed by atoms with Crippen LogP contribution in [0, 0.1) is 11.6 Å². The zero-order valence-corrected chi connectivity index (χ0v) is 11.9. The van der Waals surface area contributed by atoms with Crippen molar-refractivity contribution in [1.82, 2.24) is 0 Å². The average Bonchev–Trinajstić information content (AvgIpc) is 2.37. The molecule has 2 aromatic carbocycles. The number of anilines is 1. The Hall–Kier alpha value is -1.99. The molecule has 0 unspecified atom stereocenters. The second-order valence-electron chi connectivity index (χ2n) is 4.04. The molecule has 0 bridgehead atoms. The van der Waals surface area contributed by atoms with Gasteiger partial charge in [0.15, 0.2) is 0 Å². The fourth-order valence-electron chi connectivity index (χ4n) is 1.58. The van der Waals surface area contributed by atoms with E-state index in [4.69, 9.17) is 10.7 Å². The summed E-state index contributed by atoms with van der Waals surface area (Å²) in [5, 5.41) is 2.36. The van der Waals surface area contributed by atoms with Gasteiger partial charge in [-0.3, -0.25) is 4.79 Å². The minimum atomic E-state index is -4.19. The molecule has 0 saturated carbocycles. The average molecular weight is 332 g/mol. The molecule has 2 rings (SSSR count). The zero-order valence-electron chi connectivity index (χ0n) is 10.3. The highest BCUT2D eigenvalue weighted by molar-refractivity contribution is 8.13. The van der Waals surface area contributed by atoms with Crippen LogP contribution in [0.2, 0.25) is 0 Å². The number of hydrogen-bond donors (Lipinski definition) is 1. The smallest absolute Gasteiger partial charge is 0.264 e. The monoisotopic (exact) mass is 331 g/mol. The number of carbonyl (C=O) groups is 1. The number of nitrogens with one attached hydrogen (secondary N) is 1. The molecule has 8 heteroatoms. The highest BCUT2D eigenvalue weighted by Crippen LogP contribution is 2.22. The molecular formula is C13H8ClF2NO3S. The maximum atomic E-state index is 13.6. The molecule has 1 N–H and O–H groups in total. The predicted molar refractivity (Wildman–Crippen MR) is 73.8 cm³/mol. The van der Waals surface area contributed by atoms with E-state index in [1.807, 2.05) is 0 Å². The third kappa shape index (κ3) is 3.77. The summed E-state index contributed by atoms with van der Waals surface area (Å²) >= 11 is 0. The molecular weight excluding hydrogens is 324 g/mol. The summed E-state index contributed by atoms with van der Waals surface area (Å²) in [7, 11) is 0.849. The van der Waals surface area contributed by atoms with Crippen LogP contribution < -0.4 is 5.32 Å². The zero-order chi connectivity index (χ0) is 15.6. The number of rotatable bonds is 3. The van der Waals surface area contributed by atoms with Gasteiger partial charge in [0.25, 0.3) is 15.0 Å². The van der Waals surface area contributed by atoms with E-state index in [0.29, 0.717) is 0 Å². The minimum absolute atomic E-state index is 0.0471. The van der Waals surface area contributed by atoms with Crippen molar-refractivity contribution in [3.63, 3.8) is 0 Å². The quantitative estimate of drug-likeness (QED) is 0.879. The van der Waals surface area contributed by atoms with Crippen molar-refractivity contribution in [3.8, 4) is 0 Å². The van der Waals surface area contributed by atoms with Crippen molar-refractivity contribution in [1.29, 1.82) is 0 Å². The lowest BCUT2D eigenvalue weighted by Gasteiger charge is -2.06. The van der Waals surface area contributed by atoms with Gasteiger partial charge in [0, 0.05) is 21.9 Å². The predicted octanol–water partition coefficient (Wildman–Crippen LogP) is 3.14. The standard InChI is InChI=1S/C13H8ClF2NO3S/c14-21(19,20)12-6-5-10(7-11(12)16)17-13(18)8-1-3-9(15)4-2-8/h1-7H,(H,17,18). The molecule has 0 aromatic heterocycles. The topological polar surface area (TPSA) is 63.2 Å². The molecule has 110 valence electrons. The van der Waals surface area contributed by atoms with Crippen LogP contribution in [-0.4, -0.2) is 14.3 Å². The van der Waals surface area contributed by atoms with Crippen molar-refractivity contribution < 1.29 is 22.0 Å². The van der Waals surface area contributed by atoms with E-state index in [1.165, 1.54) is 18.2 Å². The Balaban J connectivity index is 2.22. The van der Waals surface area contributed by atoms with Crippen molar-refractivity contribution >= 4 is 31.3 Å². The Labute approximate surface area is 123 Å². The van der Waals surface area contributed by atoms with Crippen LogP contribution in [0.15, 0.2) is 47.4 Å². The van der Waals surface area contributed by atoms with Gasteiger partial charge in [-0.25, -0.2) is 17.2 Å². The number of halogens is 3. The lowest BCUT2D eigenvalue weighted by Crippen LogP contribution is -2.12. The van der Waals surface area contributed by atoms with Gasteiger partial charge in [-0.15, -0.1) is 0 Å². The Bertz CT molecular complexity index is 792. The van der Waals surface area contributed by atoms with E-state index >= 15 is 0 Å². The Kier molecular flexibility index (Phi) is 4.24. The second kappa shape index (κ2) is 5.79. The third-order valence-electron chi connectivity index (χ3n) is 2.56. The first-order valence-corrected chi connectivity index (χ1v) is 7.89. The highest BCUT2D eigenvalue weighted by Gasteiger charge is 2.17. The first-order chi connectivity index (χ1) is 9.77. The van der Waals surface area contributed by atoms with Gasteiger partial charge in [0.05, 0.1) is 0 Å². The molecule has 4 nitrogen and oxygen atoms in total. The van der Waals surface area contributed by atoms with Gasteiger partial charge in [0.2, 0.25) is 0 Å². The van der Waals surface area contributed by atoms with Crippen molar-refractivity contribution in [2.45, 2.75) is 4.90 Å².